The fourth-order valence-corrected chi connectivity index (χ4v) is 1.56. The SMILES string of the molecule is C[C@@H]1CNC[C@H]1C(=O)NCC(F)(F)CO. The molecule has 1 rings (SSSR count). The van der Waals surface area contributed by atoms with E-state index >= 15 is 0 Å². The van der Waals surface area contributed by atoms with E-state index in [9.17, 15) is 13.6 Å². The summed E-state index contributed by atoms with van der Waals surface area (Å²) in [5, 5.41) is 13.5. The summed E-state index contributed by atoms with van der Waals surface area (Å²) in [6, 6.07) is 0. The van der Waals surface area contributed by atoms with Crippen molar-refractivity contribution >= 4 is 5.91 Å². The van der Waals surface area contributed by atoms with Gasteiger partial charge in [0.2, 0.25) is 5.91 Å². The molecule has 1 aliphatic rings. The van der Waals surface area contributed by atoms with Gasteiger partial charge in [0.05, 0.1) is 12.5 Å². The van der Waals surface area contributed by atoms with Crippen LogP contribution < -0.4 is 10.6 Å². The van der Waals surface area contributed by atoms with Crippen LogP contribution in [0.4, 0.5) is 8.78 Å². The van der Waals surface area contributed by atoms with Gasteiger partial charge in [-0.2, -0.15) is 0 Å². The molecule has 1 amide bonds. The highest BCUT2D eigenvalue weighted by molar-refractivity contribution is 5.79. The number of aliphatic hydroxyl groups excluding tert-OH is 1. The highest BCUT2D eigenvalue weighted by Crippen LogP contribution is 2.16. The minimum absolute atomic E-state index is 0.160. The van der Waals surface area contributed by atoms with E-state index in [-0.39, 0.29) is 17.7 Å². The number of rotatable bonds is 4. The predicted octanol–water partition coefficient (Wildman–Crippen LogP) is -0.414. The lowest BCUT2D eigenvalue weighted by molar-refractivity contribution is -0.128. The molecule has 0 saturated carbocycles. The topological polar surface area (TPSA) is 61.4 Å². The van der Waals surface area contributed by atoms with Gasteiger partial charge in [-0.15, -0.1) is 0 Å². The zero-order valence-electron chi connectivity index (χ0n) is 8.59. The first-order valence-electron chi connectivity index (χ1n) is 4.93. The zero-order chi connectivity index (χ0) is 11.5. The molecular formula is C9H16F2N2O2. The largest absolute Gasteiger partial charge is 0.390 e. The number of amides is 1. The monoisotopic (exact) mass is 222 g/mol. The van der Waals surface area contributed by atoms with Gasteiger partial charge < -0.3 is 15.7 Å². The van der Waals surface area contributed by atoms with Crippen LogP contribution in [0.5, 0.6) is 0 Å². The van der Waals surface area contributed by atoms with Gasteiger partial charge in [-0.25, -0.2) is 8.78 Å². The Labute approximate surface area is 87.0 Å². The minimum Gasteiger partial charge on any atom is -0.390 e. The van der Waals surface area contributed by atoms with Gasteiger partial charge in [-0.05, 0) is 12.5 Å². The van der Waals surface area contributed by atoms with Crippen LogP contribution in [0.1, 0.15) is 6.92 Å². The van der Waals surface area contributed by atoms with Crippen LogP contribution in [0.15, 0.2) is 0 Å². The van der Waals surface area contributed by atoms with Crippen LogP contribution in [0, 0.1) is 11.8 Å². The van der Waals surface area contributed by atoms with Gasteiger partial charge in [0, 0.05) is 6.54 Å². The van der Waals surface area contributed by atoms with Gasteiger partial charge in [0.25, 0.3) is 5.92 Å². The standard InChI is InChI=1S/C9H16F2N2O2/c1-6-2-12-3-7(6)8(15)13-4-9(10,11)5-14/h6-7,12,14H,2-5H2,1H3,(H,13,15)/t6-,7-/m1/s1. The van der Waals surface area contributed by atoms with Crippen LogP contribution in [-0.4, -0.2) is 43.2 Å². The van der Waals surface area contributed by atoms with E-state index in [2.05, 4.69) is 10.6 Å². The lowest BCUT2D eigenvalue weighted by Crippen LogP contribution is -2.42. The van der Waals surface area contributed by atoms with E-state index in [0.717, 1.165) is 6.54 Å². The van der Waals surface area contributed by atoms with Crippen molar-refractivity contribution in [1.29, 1.82) is 0 Å². The van der Waals surface area contributed by atoms with Gasteiger partial charge in [0.15, 0.2) is 0 Å². The Bertz CT molecular complexity index is 236. The molecule has 6 heteroatoms. The third kappa shape index (κ3) is 3.39. The number of hydrogen-bond donors (Lipinski definition) is 3. The van der Waals surface area contributed by atoms with E-state index < -0.39 is 19.1 Å². The predicted molar refractivity (Wildman–Crippen MR) is 50.6 cm³/mol. The number of hydrogen-bond acceptors (Lipinski definition) is 3. The molecule has 3 N–H and O–H groups in total. The Balaban J connectivity index is 2.36. The van der Waals surface area contributed by atoms with E-state index in [4.69, 9.17) is 5.11 Å². The summed E-state index contributed by atoms with van der Waals surface area (Å²) < 4.78 is 25.2. The first-order chi connectivity index (χ1) is 6.96. The van der Waals surface area contributed by atoms with Crippen LogP contribution in [-0.2, 0) is 4.79 Å². The second kappa shape index (κ2) is 4.85. The molecule has 0 aromatic heterocycles. The van der Waals surface area contributed by atoms with E-state index in [1.165, 1.54) is 0 Å². The van der Waals surface area contributed by atoms with Crippen molar-refractivity contribution in [3.05, 3.63) is 0 Å². The first-order valence-corrected chi connectivity index (χ1v) is 4.93. The average Bonchev–Trinajstić information content (AvgIpc) is 2.61. The van der Waals surface area contributed by atoms with Gasteiger partial charge in [-0.1, -0.05) is 6.92 Å². The third-order valence-corrected chi connectivity index (χ3v) is 2.61. The van der Waals surface area contributed by atoms with E-state index in [1.807, 2.05) is 6.92 Å². The lowest BCUT2D eigenvalue weighted by Gasteiger charge is -2.17. The molecule has 0 spiro atoms. The Morgan fingerprint density at radius 3 is 2.73 bits per heavy atom. The van der Waals surface area contributed by atoms with Crippen molar-refractivity contribution in [1.82, 2.24) is 10.6 Å². The molecule has 0 unspecified atom stereocenters. The Hall–Kier alpha value is -0.750. The fourth-order valence-electron chi connectivity index (χ4n) is 1.56. The quantitative estimate of drug-likeness (QED) is 0.605. The maximum absolute atomic E-state index is 12.6. The van der Waals surface area contributed by atoms with Crippen molar-refractivity contribution in [2.24, 2.45) is 11.8 Å². The maximum atomic E-state index is 12.6. The number of alkyl halides is 2. The smallest absolute Gasteiger partial charge is 0.287 e. The Kier molecular flexibility index (Phi) is 3.98. The highest BCUT2D eigenvalue weighted by atomic mass is 19.3. The summed E-state index contributed by atoms with van der Waals surface area (Å²) in [6.07, 6.45) is 0. The van der Waals surface area contributed by atoms with Crippen molar-refractivity contribution in [3.8, 4) is 0 Å². The Morgan fingerprint density at radius 2 is 2.27 bits per heavy atom. The summed E-state index contributed by atoms with van der Waals surface area (Å²) in [5.41, 5.74) is 0. The molecule has 2 atom stereocenters. The van der Waals surface area contributed by atoms with Crippen LogP contribution in [0.3, 0.4) is 0 Å². The van der Waals surface area contributed by atoms with Crippen LogP contribution in [0.25, 0.3) is 0 Å². The van der Waals surface area contributed by atoms with E-state index in [1.54, 1.807) is 0 Å². The summed E-state index contributed by atoms with van der Waals surface area (Å²) >= 11 is 0. The molecule has 1 heterocycles. The summed E-state index contributed by atoms with van der Waals surface area (Å²) in [5.74, 6) is -3.70. The fraction of sp³-hybridized carbons (Fsp3) is 0.889. The second-order valence-electron chi connectivity index (χ2n) is 3.97. The normalized spacial score (nSPS) is 26.7. The van der Waals surface area contributed by atoms with Crippen molar-refractivity contribution in [3.63, 3.8) is 0 Å². The van der Waals surface area contributed by atoms with Crippen LogP contribution in [0.2, 0.25) is 0 Å². The minimum atomic E-state index is -3.23. The number of nitrogens with one attached hydrogen (secondary N) is 2. The zero-order valence-corrected chi connectivity index (χ0v) is 8.59. The molecule has 88 valence electrons. The molecule has 0 bridgehead atoms. The summed E-state index contributed by atoms with van der Waals surface area (Å²) in [7, 11) is 0. The van der Waals surface area contributed by atoms with Crippen molar-refractivity contribution in [2.75, 3.05) is 26.2 Å². The van der Waals surface area contributed by atoms with Gasteiger partial charge in [0.1, 0.15) is 6.61 Å². The number of carbonyl (C=O) groups is 1. The Morgan fingerprint density at radius 1 is 1.60 bits per heavy atom. The van der Waals surface area contributed by atoms with Gasteiger partial charge >= 0.3 is 0 Å². The number of carbonyl (C=O) groups excluding carboxylic acids is 1. The molecule has 0 aromatic rings. The molecule has 0 aliphatic carbocycles. The third-order valence-electron chi connectivity index (χ3n) is 2.61. The average molecular weight is 222 g/mol. The van der Waals surface area contributed by atoms with Crippen molar-refractivity contribution in [2.45, 2.75) is 12.8 Å². The van der Waals surface area contributed by atoms with E-state index in [0.29, 0.717) is 6.54 Å². The number of aliphatic hydroxyl groups is 1. The van der Waals surface area contributed by atoms with Crippen LogP contribution >= 0.6 is 0 Å². The summed E-state index contributed by atoms with van der Waals surface area (Å²) in [4.78, 5) is 11.5. The molecule has 0 radical (unpaired) electrons. The molecule has 1 fully saturated rings. The molecule has 4 nitrogen and oxygen atoms in total. The maximum Gasteiger partial charge on any atom is 0.287 e. The molecule has 0 aromatic carbocycles. The van der Waals surface area contributed by atoms with Gasteiger partial charge in [-0.3, -0.25) is 4.79 Å². The highest BCUT2D eigenvalue weighted by Gasteiger charge is 2.33. The summed E-state index contributed by atoms with van der Waals surface area (Å²) in [6.45, 7) is 1.11. The molecule has 1 aliphatic heterocycles. The molecule has 15 heavy (non-hydrogen) atoms. The molecule has 1 saturated heterocycles. The number of halogens is 2. The van der Waals surface area contributed by atoms with Crippen molar-refractivity contribution < 1.29 is 18.7 Å². The first kappa shape index (κ1) is 12.3. The molecular weight excluding hydrogens is 206 g/mol. The second-order valence-corrected chi connectivity index (χ2v) is 3.97. The lowest BCUT2D eigenvalue weighted by atomic mass is 9.97.